The van der Waals surface area contributed by atoms with Crippen LogP contribution in [0.2, 0.25) is 0 Å². The molecule has 0 aliphatic carbocycles. The molecule has 1 heterocycles. The van der Waals surface area contributed by atoms with E-state index in [0.29, 0.717) is 61.1 Å². The number of aryl methyl sites for hydroxylation is 1. The van der Waals surface area contributed by atoms with E-state index in [0.717, 1.165) is 10.5 Å². The summed E-state index contributed by atoms with van der Waals surface area (Å²) in [7, 11) is 0. The summed E-state index contributed by atoms with van der Waals surface area (Å²) < 4.78 is 17.1. The Hall–Kier alpha value is -3.89. The summed E-state index contributed by atoms with van der Waals surface area (Å²) in [5.74, 6) is 0.149. The van der Waals surface area contributed by atoms with Gasteiger partial charge in [-0.2, -0.15) is 5.26 Å². The minimum absolute atomic E-state index is 0.0275. The molecule has 2 aromatic rings. The standard InChI is InChI=1S/C29H32N2O5/c1-5-34-15-7-14-31-28(32)24(21(4)25(18-30)29(31)33)16-23-12-13-26(27(17-23)35-6-2)36-19-22-10-8-20(3)9-11-22/h8-13,16-17H,5-7,14-15,19H2,1-4H3/b24-16+. The van der Waals surface area contributed by atoms with E-state index in [1.165, 1.54) is 5.56 Å². The minimum atomic E-state index is -0.566. The molecule has 1 aliphatic heterocycles. The fraction of sp³-hybridized carbons (Fsp3) is 0.345. The molecule has 2 amide bonds. The van der Waals surface area contributed by atoms with Crippen molar-refractivity contribution < 1.29 is 23.8 Å². The first-order valence-corrected chi connectivity index (χ1v) is 12.1. The molecule has 3 rings (SSSR count). The Morgan fingerprint density at radius 2 is 1.69 bits per heavy atom. The summed E-state index contributed by atoms with van der Waals surface area (Å²) in [5, 5.41) is 9.59. The number of hydrogen-bond donors (Lipinski definition) is 0. The van der Waals surface area contributed by atoms with Crippen molar-refractivity contribution in [2.75, 3.05) is 26.4 Å². The first-order chi connectivity index (χ1) is 17.4. The van der Waals surface area contributed by atoms with Crippen LogP contribution in [0.5, 0.6) is 11.5 Å². The van der Waals surface area contributed by atoms with Crippen molar-refractivity contribution >= 4 is 17.9 Å². The fourth-order valence-electron chi connectivity index (χ4n) is 3.82. The highest BCUT2D eigenvalue weighted by Crippen LogP contribution is 2.32. The predicted molar refractivity (Wildman–Crippen MR) is 137 cm³/mol. The molecule has 1 aliphatic rings. The number of amides is 2. The van der Waals surface area contributed by atoms with Crippen LogP contribution in [0.4, 0.5) is 0 Å². The van der Waals surface area contributed by atoms with Crippen LogP contribution in [0, 0.1) is 18.3 Å². The molecule has 0 saturated heterocycles. The maximum absolute atomic E-state index is 13.2. The lowest BCUT2D eigenvalue weighted by Crippen LogP contribution is -2.43. The maximum atomic E-state index is 13.2. The summed E-state index contributed by atoms with van der Waals surface area (Å²) in [6.45, 7) is 9.44. The van der Waals surface area contributed by atoms with Crippen molar-refractivity contribution in [3.8, 4) is 17.6 Å². The van der Waals surface area contributed by atoms with Crippen LogP contribution in [0.15, 0.2) is 59.2 Å². The largest absolute Gasteiger partial charge is 0.490 e. The van der Waals surface area contributed by atoms with Gasteiger partial charge in [-0.1, -0.05) is 35.9 Å². The van der Waals surface area contributed by atoms with E-state index >= 15 is 0 Å². The van der Waals surface area contributed by atoms with Crippen molar-refractivity contribution in [2.24, 2.45) is 0 Å². The average molecular weight is 489 g/mol. The number of imide groups is 1. The van der Waals surface area contributed by atoms with Crippen molar-refractivity contribution in [3.63, 3.8) is 0 Å². The lowest BCUT2D eigenvalue weighted by molar-refractivity contribution is -0.140. The zero-order valence-corrected chi connectivity index (χ0v) is 21.3. The summed E-state index contributed by atoms with van der Waals surface area (Å²) in [4.78, 5) is 27.1. The quantitative estimate of drug-likeness (QED) is 0.251. The molecule has 36 heavy (non-hydrogen) atoms. The smallest absolute Gasteiger partial charge is 0.271 e. The van der Waals surface area contributed by atoms with E-state index in [1.807, 2.05) is 57.2 Å². The minimum Gasteiger partial charge on any atom is -0.490 e. The number of nitrogens with zero attached hydrogens (tertiary/aromatic N) is 2. The molecule has 0 radical (unpaired) electrons. The monoisotopic (exact) mass is 488 g/mol. The summed E-state index contributed by atoms with van der Waals surface area (Å²) in [6.07, 6.45) is 2.18. The third-order valence-electron chi connectivity index (χ3n) is 5.79. The van der Waals surface area contributed by atoms with Gasteiger partial charge in [-0.15, -0.1) is 0 Å². The van der Waals surface area contributed by atoms with Gasteiger partial charge in [0.25, 0.3) is 11.8 Å². The number of ether oxygens (including phenoxy) is 3. The Labute approximate surface area is 212 Å². The second-order valence-corrected chi connectivity index (χ2v) is 8.40. The highest BCUT2D eigenvalue weighted by Gasteiger charge is 2.35. The van der Waals surface area contributed by atoms with Crippen LogP contribution in [0.3, 0.4) is 0 Å². The molecule has 7 nitrogen and oxygen atoms in total. The van der Waals surface area contributed by atoms with Gasteiger partial charge in [0.15, 0.2) is 11.5 Å². The van der Waals surface area contributed by atoms with Gasteiger partial charge < -0.3 is 14.2 Å². The molecule has 0 atom stereocenters. The van der Waals surface area contributed by atoms with Crippen LogP contribution < -0.4 is 9.47 Å². The Kier molecular flexibility index (Phi) is 9.43. The van der Waals surface area contributed by atoms with Gasteiger partial charge in [-0.25, -0.2) is 0 Å². The number of carbonyl (C=O) groups excluding carboxylic acids is 2. The van der Waals surface area contributed by atoms with Crippen LogP contribution in [-0.2, 0) is 20.9 Å². The molecule has 0 N–H and O–H groups in total. The zero-order valence-electron chi connectivity index (χ0n) is 21.3. The van der Waals surface area contributed by atoms with Crippen LogP contribution in [0.25, 0.3) is 6.08 Å². The Balaban J connectivity index is 1.88. The van der Waals surface area contributed by atoms with Gasteiger partial charge >= 0.3 is 0 Å². The molecular formula is C29H32N2O5. The lowest BCUT2D eigenvalue weighted by atomic mass is 9.93. The van der Waals surface area contributed by atoms with E-state index in [1.54, 1.807) is 25.1 Å². The van der Waals surface area contributed by atoms with Crippen molar-refractivity contribution in [3.05, 3.63) is 75.9 Å². The van der Waals surface area contributed by atoms with Crippen LogP contribution in [0.1, 0.15) is 43.9 Å². The molecule has 0 bridgehead atoms. The first kappa shape index (κ1) is 26.7. The number of nitriles is 1. The third kappa shape index (κ3) is 6.41. The molecule has 0 fully saturated rings. The van der Waals surface area contributed by atoms with Gasteiger partial charge in [0, 0.05) is 25.3 Å². The third-order valence-corrected chi connectivity index (χ3v) is 5.79. The van der Waals surface area contributed by atoms with Crippen LogP contribution >= 0.6 is 0 Å². The second kappa shape index (κ2) is 12.7. The van der Waals surface area contributed by atoms with E-state index in [9.17, 15) is 14.9 Å². The molecule has 0 unspecified atom stereocenters. The lowest BCUT2D eigenvalue weighted by Gasteiger charge is -2.27. The molecule has 0 aromatic heterocycles. The number of benzene rings is 2. The highest BCUT2D eigenvalue weighted by molar-refractivity contribution is 6.19. The number of hydrogen-bond acceptors (Lipinski definition) is 6. The molecular weight excluding hydrogens is 456 g/mol. The number of rotatable bonds is 11. The maximum Gasteiger partial charge on any atom is 0.271 e. The van der Waals surface area contributed by atoms with Crippen LogP contribution in [-0.4, -0.2) is 43.1 Å². The van der Waals surface area contributed by atoms with E-state index in [-0.39, 0.29) is 12.1 Å². The molecule has 7 heteroatoms. The SMILES string of the molecule is CCOCCCN1C(=O)C(C#N)=C(C)/C(=C\c2ccc(OCc3ccc(C)cc3)c(OCC)c2)C1=O. The Bertz CT molecular complexity index is 1210. The molecule has 0 saturated carbocycles. The van der Waals surface area contributed by atoms with E-state index in [2.05, 4.69) is 0 Å². The first-order valence-electron chi connectivity index (χ1n) is 12.1. The second-order valence-electron chi connectivity index (χ2n) is 8.40. The van der Waals surface area contributed by atoms with Gasteiger partial charge in [-0.05, 0) is 69.0 Å². The normalized spacial score (nSPS) is 14.9. The van der Waals surface area contributed by atoms with Gasteiger partial charge in [-0.3, -0.25) is 14.5 Å². The zero-order chi connectivity index (χ0) is 26.1. The van der Waals surface area contributed by atoms with Crippen molar-refractivity contribution in [2.45, 2.75) is 40.7 Å². The van der Waals surface area contributed by atoms with Crippen molar-refractivity contribution in [1.29, 1.82) is 5.26 Å². The summed E-state index contributed by atoms with van der Waals surface area (Å²) >= 11 is 0. The number of carbonyl (C=O) groups is 2. The topological polar surface area (TPSA) is 88.9 Å². The van der Waals surface area contributed by atoms with E-state index in [4.69, 9.17) is 14.2 Å². The summed E-state index contributed by atoms with van der Waals surface area (Å²) in [5.41, 5.74) is 3.57. The Morgan fingerprint density at radius 3 is 2.36 bits per heavy atom. The van der Waals surface area contributed by atoms with Gasteiger partial charge in [0.1, 0.15) is 18.2 Å². The predicted octanol–water partition coefficient (Wildman–Crippen LogP) is 4.99. The summed E-state index contributed by atoms with van der Waals surface area (Å²) in [6, 6.07) is 15.5. The molecule has 188 valence electrons. The average Bonchev–Trinajstić information content (AvgIpc) is 2.87. The highest BCUT2D eigenvalue weighted by atomic mass is 16.5. The fourth-order valence-corrected chi connectivity index (χ4v) is 3.82. The van der Waals surface area contributed by atoms with Gasteiger partial charge in [0.2, 0.25) is 0 Å². The van der Waals surface area contributed by atoms with Crippen molar-refractivity contribution in [1.82, 2.24) is 4.90 Å². The van der Waals surface area contributed by atoms with E-state index < -0.39 is 11.8 Å². The molecule has 2 aromatic carbocycles. The molecule has 0 spiro atoms. The van der Waals surface area contributed by atoms with Gasteiger partial charge in [0.05, 0.1) is 6.61 Å². The Morgan fingerprint density at radius 1 is 0.944 bits per heavy atom.